The Morgan fingerprint density at radius 1 is 1.28 bits per heavy atom. The van der Waals surface area contributed by atoms with Crippen LogP contribution in [0.15, 0.2) is 28.8 Å². The number of carbonyl (C=O) groups is 1. The van der Waals surface area contributed by atoms with E-state index in [1.54, 1.807) is 0 Å². The van der Waals surface area contributed by atoms with Gasteiger partial charge in [0.05, 0.1) is 5.41 Å². The molecule has 3 fully saturated rings. The highest BCUT2D eigenvalue weighted by Crippen LogP contribution is 2.48. The van der Waals surface area contributed by atoms with Gasteiger partial charge in [-0.3, -0.25) is 0 Å². The predicted molar refractivity (Wildman–Crippen MR) is 94.4 cm³/mol. The number of nitrogens with one attached hydrogen (secondary N) is 1. The van der Waals surface area contributed by atoms with Crippen LogP contribution >= 0.6 is 0 Å². The monoisotopic (exact) mass is 340 g/mol. The SMILES string of the molecule is Cc1ccc(NC(=O)N2CC3CCC2C(C)(c2nc(C)no2)C3)cc1. The second-order valence-electron chi connectivity index (χ2n) is 7.68. The predicted octanol–water partition coefficient (Wildman–Crippen LogP) is 3.66. The maximum absolute atomic E-state index is 12.9. The number of fused-ring (bicyclic) bond motifs is 3. The summed E-state index contributed by atoms with van der Waals surface area (Å²) in [6, 6.07) is 7.93. The van der Waals surface area contributed by atoms with Gasteiger partial charge in [-0.2, -0.15) is 4.98 Å². The average molecular weight is 340 g/mol. The topological polar surface area (TPSA) is 71.3 Å². The van der Waals surface area contributed by atoms with Crippen LogP contribution in [-0.4, -0.2) is 33.7 Å². The Hall–Kier alpha value is -2.37. The second kappa shape index (κ2) is 5.86. The summed E-state index contributed by atoms with van der Waals surface area (Å²) in [4.78, 5) is 19.4. The number of hydrogen-bond donors (Lipinski definition) is 1. The molecular weight excluding hydrogens is 316 g/mol. The molecule has 2 bridgehead atoms. The lowest BCUT2D eigenvalue weighted by Crippen LogP contribution is -2.62. The van der Waals surface area contributed by atoms with Crippen molar-refractivity contribution in [1.29, 1.82) is 0 Å². The summed E-state index contributed by atoms with van der Waals surface area (Å²) in [6.45, 7) is 6.82. The van der Waals surface area contributed by atoms with Crippen LogP contribution in [0.1, 0.15) is 43.5 Å². The van der Waals surface area contributed by atoms with E-state index in [1.165, 1.54) is 5.56 Å². The molecule has 3 unspecified atom stereocenters. The van der Waals surface area contributed by atoms with Crippen LogP contribution in [0.2, 0.25) is 0 Å². The largest absolute Gasteiger partial charge is 0.339 e. The van der Waals surface area contributed by atoms with Crippen LogP contribution in [0.5, 0.6) is 0 Å². The number of nitrogens with zero attached hydrogens (tertiary/aromatic N) is 3. The van der Waals surface area contributed by atoms with Crippen LogP contribution in [0.25, 0.3) is 0 Å². The first-order valence-corrected chi connectivity index (χ1v) is 8.91. The van der Waals surface area contributed by atoms with Gasteiger partial charge in [-0.15, -0.1) is 0 Å². The number of urea groups is 1. The number of rotatable bonds is 2. The third-order valence-electron chi connectivity index (χ3n) is 5.71. The first kappa shape index (κ1) is 16.1. The fraction of sp³-hybridized carbons (Fsp3) is 0.526. The van der Waals surface area contributed by atoms with Gasteiger partial charge >= 0.3 is 6.03 Å². The highest BCUT2D eigenvalue weighted by molar-refractivity contribution is 5.89. The number of piperidine rings is 2. The zero-order chi connectivity index (χ0) is 17.6. The minimum absolute atomic E-state index is 0.0410. The maximum atomic E-state index is 12.9. The van der Waals surface area contributed by atoms with Gasteiger partial charge in [0.25, 0.3) is 0 Å². The van der Waals surface area contributed by atoms with E-state index in [0.29, 0.717) is 17.6 Å². The van der Waals surface area contributed by atoms with Gasteiger partial charge in [-0.1, -0.05) is 22.9 Å². The number of hydrogen-bond acceptors (Lipinski definition) is 4. The third-order valence-corrected chi connectivity index (χ3v) is 5.71. The van der Waals surface area contributed by atoms with Crippen molar-refractivity contribution in [3.8, 4) is 0 Å². The fourth-order valence-corrected chi connectivity index (χ4v) is 4.43. The Balaban J connectivity index is 1.58. The molecule has 1 aliphatic carbocycles. The molecule has 2 amide bonds. The summed E-state index contributed by atoms with van der Waals surface area (Å²) in [5, 5.41) is 7.00. The fourth-order valence-electron chi connectivity index (χ4n) is 4.43. The molecule has 25 heavy (non-hydrogen) atoms. The van der Waals surface area contributed by atoms with Crippen LogP contribution in [0.4, 0.5) is 10.5 Å². The summed E-state index contributed by atoms with van der Waals surface area (Å²) in [7, 11) is 0. The minimum Gasteiger partial charge on any atom is -0.339 e. The summed E-state index contributed by atoms with van der Waals surface area (Å²) in [6.07, 6.45) is 3.12. The molecule has 132 valence electrons. The van der Waals surface area contributed by atoms with Crippen LogP contribution < -0.4 is 5.32 Å². The number of anilines is 1. The van der Waals surface area contributed by atoms with E-state index in [9.17, 15) is 4.79 Å². The van der Waals surface area contributed by atoms with Gasteiger partial charge in [-0.05, 0) is 58.1 Å². The molecule has 2 aromatic rings. The van der Waals surface area contributed by atoms with Gasteiger partial charge in [0.15, 0.2) is 5.82 Å². The highest BCUT2D eigenvalue weighted by atomic mass is 16.5. The molecule has 2 aliphatic heterocycles. The standard InChI is InChI=1S/C19H24N4O2/c1-12-4-7-15(8-5-12)21-18(24)23-11-14-6-9-16(23)19(3,10-14)17-20-13(2)22-25-17/h4-5,7-8,14,16H,6,9-11H2,1-3H3,(H,21,24). The Morgan fingerprint density at radius 3 is 2.68 bits per heavy atom. The minimum atomic E-state index is -0.271. The Labute approximate surface area is 147 Å². The van der Waals surface area contributed by atoms with Gasteiger partial charge in [0.1, 0.15) is 0 Å². The highest BCUT2D eigenvalue weighted by Gasteiger charge is 2.53. The molecular formula is C19H24N4O2. The van der Waals surface area contributed by atoms with Crippen molar-refractivity contribution in [2.75, 3.05) is 11.9 Å². The summed E-state index contributed by atoms with van der Waals surface area (Å²) >= 11 is 0. The van der Waals surface area contributed by atoms with Crippen molar-refractivity contribution in [2.24, 2.45) is 5.92 Å². The molecule has 1 aromatic heterocycles. The molecule has 3 heterocycles. The van der Waals surface area contributed by atoms with Gasteiger partial charge in [0.2, 0.25) is 5.89 Å². The second-order valence-corrected chi connectivity index (χ2v) is 7.68. The Kier molecular flexibility index (Phi) is 3.78. The number of benzene rings is 1. The van der Waals surface area contributed by atoms with Crippen molar-refractivity contribution in [2.45, 2.75) is 51.5 Å². The van der Waals surface area contributed by atoms with E-state index >= 15 is 0 Å². The summed E-state index contributed by atoms with van der Waals surface area (Å²) in [5.41, 5.74) is 1.73. The van der Waals surface area contributed by atoms with Crippen LogP contribution in [-0.2, 0) is 5.41 Å². The van der Waals surface area contributed by atoms with Crippen molar-refractivity contribution in [3.05, 3.63) is 41.5 Å². The number of aromatic nitrogens is 2. The number of aryl methyl sites for hydroxylation is 2. The first-order chi connectivity index (χ1) is 12.0. The van der Waals surface area contributed by atoms with E-state index in [2.05, 4.69) is 22.4 Å². The molecule has 0 radical (unpaired) electrons. The molecule has 5 rings (SSSR count). The number of amides is 2. The van der Waals surface area contributed by atoms with Crippen LogP contribution in [0.3, 0.4) is 0 Å². The van der Waals surface area contributed by atoms with Gasteiger partial charge in [0, 0.05) is 18.3 Å². The Morgan fingerprint density at radius 2 is 2.04 bits per heavy atom. The van der Waals surface area contributed by atoms with E-state index in [-0.39, 0.29) is 17.5 Å². The smallest absolute Gasteiger partial charge is 0.322 e. The molecule has 1 aromatic carbocycles. The van der Waals surface area contributed by atoms with E-state index < -0.39 is 0 Å². The zero-order valence-electron chi connectivity index (χ0n) is 15.0. The maximum Gasteiger partial charge on any atom is 0.322 e. The molecule has 6 nitrogen and oxygen atoms in total. The normalized spacial score (nSPS) is 28.2. The average Bonchev–Trinajstić information content (AvgIpc) is 3.04. The summed E-state index contributed by atoms with van der Waals surface area (Å²) in [5.74, 6) is 1.78. The lowest BCUT2D eigenvalue weighted by molar-refractivity contribution is 0.00332. The lowest BCUT2D eigenvalue weighted by atomic mass is 9.63. The molecule has 6 heteroatoms. The number of carbonyl (C=O) groups excluding carboxylic acids is 1. The lowest BCUT2D eigenvalue weighted by Gasteiger charge is -2.53. The third kappa shape index (κ3) is 2.79. The van der Waals surface area contributed by atoms with Crippen molar-refractivity contribution >= 4 is 11.7 Å². The van der Waals surface area contributed by atoms with E-state index in [0.717, 1.165) is 31.5 Å². The first-order valence-electron chi connectivity index (χ1n) is 8.91. The molecule has 1 N–H and O–H groups in total. The van der Waals surface area contributed by atoms with Crippen LogP contribution in [0, 0.1) is 19.8 Å². The van der Waals surface area contributed by atoms with Crippen molar-refractivity contribution in [1.82, 2.24) is 15.0 Å². The van der Waals surface area contributed by atoms with E-state index in [4.69, 9.17) is 4.52 Å². The van der Waals surface area contributed by atoms with Crippen molar-refractivity contribution < 1.29 is 9.32 Å². The van der Waals surface area contributed by atoms with Gasteiger partial charge in [-0.25, -0.2) is 4.79 Å². The molecule has 3 atom stereocenters. The quantitative estimate of drug-likeness (QED) is 0.905. The van der Waals surface area contributed by atoms with Gasteiger partial charge < -0.3 is 14.7 Å². The van der Waals surface area contributed by atoms with Crippen molar-refractivity contribution in [3.63, 3.8) is 0 Å². The molecule has 3 aliphatic rings. The zero-order valence-corrected chi connectivity index (χ0v) is 15.0. The Bertz CT molecular complexity index is 785. The molecule has 2 saturated heterocycles. The molecule has 0 spiro atoms. The molecule has 1 saturated carbocycles. The van der Waals surface area contributed by atoms with E-state index in [1.807, 2.05) is 43.0 Å². The summed E-state index contributed by atoms with van der Waals surface area (Å²) < 4.78 is 5.50.